The summed E-state index contributed by atoms with van der Waals surface area (Å²) < 4.78 is 5.21. The maximum atomic E-state index is 12.7. The van der Waals surface area contributed by atoms with Crippen molar-refractivity contribution < 1.29 is 14.6 Å². The molecule has 0 saturated heterocycles. The normalized spacial score (nSPS) is 10.4. The van der Waals surface area contributed by atoms with E-state index in [2.05, 4.69) is 20.6 Å². The van der Waals surface area contributed by atoms with Crippen LogP contribution in [-0.2, 0) is 4.74 Å². The van der Waals surface area contributed by atoms with E-state index in [0.29, 0.717) is 16.5 Å². The standard InChI is InChI=1S/C21H21ClN4O3/c1-2-29-21(28)17-19(23-11-12-27)25-18(14-7-4-3-5-8-14)26-20(17)24-16-10-6-9-15(22)13-16/h3-10,13,27H,2,11-12H2,1H3,(H2,23,24,25,26). The number of halogens is 1. The van der Waals surface area contributed by atoms with Crippen LogP contribution in [0.25, 0.3) is 11.4 Å². The van der Waals surface area contributed by atoms with Crippen molar-refractivity contribution in [1.82, 2.24) is 9.97 Å². The maximum Gasteiger partial charge on any atom is 0.345 e. The number of aromatic nitrogens is 2. The number of ether oxygens (including phenoxy) is 1. The third kappa shape index (κ3) is 5.22. The van der Waals surface area contributed by atoms with Gasteiger partial charge in [-0.05, 0) is 25.1 Å². The Kier molecular flexibility index (Phi) is 6.99. The van der Waals surface area contributed by atoms with Crippen LogP contribution in [-0.4, -0.2) is 40.8 Å². The Labute approximate surface area is 173 Å². The quantitative estimate of drug-likeness (QED) is 0.479. The van der Waals surface area contributed by atoms with Gasteiger partial charge in [0.25, 0.3) is 0 Å². The van der Waals surface area contributed by atoms with E-state index in [-0.39, 0.29) is 37.0 Å². The van der Waals surface area contributed by atoms with Crippen LogP contribution in [0.2, 0.25) is 5.02 Å². The Morgan fingerprint density at radius 3 is 2.55 bits per heavy atom. The summed E-state index contributed by atoms with van der Waals surface area (Å²) in [4.78, 5) is 21.8. The lowest BCUT2D eigenvalue weighted by molar-refractivity contribution is 0.0528. The first-order valence-corrected chi connectivity index (χ1v) is 9.52. The molecule has 3 aromatic rings. The van der Waals surface area contributed by atoms with Crippen LogP contribution in [0.15, 0.2) is 54.6 Å². The van der Waals surface area contributed by atoms with E-state index in [0.717, 1.165) is 5.56 Å². The number of hydrogen-bond donors (Lipinski definition) is 3. The average Bonchev–Trinajstić information content (AvgIpc) is 2.72. The zero-order chi connectivity index (χ0) is 20.6. The van der Waals surface area contributed by atoms with E-state index in [1.54, 1.807) is 25.1 Å². The first kappa shape index (κ1) is 20.6. The number of benzene rings is 2. The van der Waals surface area contributed by atoms with Gasteiger partial charge in [0, 0.05) is 22.8 Å². The molecule has 0 radical (unpaired) electrons. The minimum atomic E-state index is -0.572. The molecule has 150 valence electrons. The number of carbonyl (C=O) groups excluding carboxylic acids is 1. The van der Waals surface area contributed by atoms with Gasteiger partial charge in [-0.1, -0.05) is 48.0 Å². The molecule has 1 aromatic heterocycles. The van der Waals surface area contributed by atoms with Gasteiger partial charge in [-0.3, -0.25) is 0 Å². The predicted molar refractivity (Wildman–Crippen MR) is 114 cm³/mol. The highest BCUT2D eigenvalue weighted by atomic mass is 35.5. The minimum Gasteiger partial charge on any atom is -0.462 e. The van der Waals surface area contributed by atoms with Gasteiger partial charge in [0.2, 0.25) is 0 Å². The van der Waals surface area contributed by atoms with Gasteiger partial charge in [-0.15, -0.1) is 0 Å². The van der Waals surface area contributed by atoms with Crippen LogP contribution < -0.4 is 10.6 Å². The monoisotopic (exact) mass is 412 g/mol. The fourth-order valence-electron chi connectivity index (χ4n) is 2.67. The summed E-state index contributed by atoms with van der Waals surface area (Å²) in [6.45, 7) is 2.02. The number of rotatable bonds is 8. The molecule has 0 amide bonds. The van der Waals surface area contributed by atoms with Gasteiger partial charge < -0.3 is 20.5 Å². The van der Waals surface area contributed by atoms with E-state index in [1.807, 2.05) is 36.4 Å². The van der Waals surface area contributed by atoms with Gasteiger partial charge in [-0.25, -0.2) is 14.8 Å². The molecular formula is C21H21ClN4O3. The summed E-state index contributed by atoms with van der Waals surface area (Å²) in [5, 5.41) is 15.9. The summed E-state index contributed by atoms with van der Waals surface area (Å²) in [5.41, 5.74) is 1.60. The van der Waals surface area contributed by atoms with Gasteiger partial charge in [0.15, 0.2) is 11.6 Å². The van der Waals surface area contributed by atoms with E-state index in [4.69, 9.17) is 16.3 Å². The highest BCUT2D eigenvalue weighted by Gasteiger charge is 2.23. The number of esters is 1. The first-order chi connectivity index (χ1) is 14.1. The van der Waals surface area contributed by atoms with Crippen molar-refractivity contribution in [2.24, 2.45) is 0 Å². The van der Waals surface area contributed by atoms with Crippen LogP contribution in [0.4, 0.5) is 17.3 Å². The SMILES string of the molecule is CCOC(=O)c1c(NCCO)nc(-c2ccccc2)nc1Nc1cccc(Cl)c1. The van der Waals surface area contributed by atoms with Crippen molar-refractivity contribution in [3.8, 4) is 11.4 Å². The third-order valence-corrected chi connectivity index (χ3v) is 4.15. The topological polar surface area (TPSA) is 96.4 Å². The molecule has 0 aliphatic carbocycles. The van der Waals surface area contributed by atoms with Crippen molar-refractivity contribution in [3.63, 3.8) is 0 Å². The molecule has 3 rings (SSSR count). The van der Waals surface area contributed by atoms with Crippen LogP contribution in [0, 0.1) is 0 Å². The lowest BCUT2D eigenvalue weighted by Gasteiger charge is -2.16. The number of aliphatic hydroxyl groups is 1. The van der Waals surface area contributed by atoms with Crippen molar-refractivity contribution in [2.45, 2.75) is 6.92 Å². The summed E-state index contributed by atoms with van der Waals surface area (Å²) in [7, 11) is 0. The fraction of sp³-hybridized carbons (Fsp3) is 0.190. The number of nitrogens with one attached hydrogen (secondary N) is 2. The van der Waals surface area contributed by atoms with Crippen molar-refractivity contribution in [3.05, 3.63) is 65.2 Å². The molecule has 29 heavy (non-hydrogen) atoms. The highest BCUT2D eigenvalue weighted by molar-refractivity contribution is 6.30. The Morgan fingerprint density at radius 1 is 1.10 bits per heavy atom. The molecule has 1 heterocycles. The van der Waals surface area contributed by atoms with E-state index >= 15 is 0 Å². The number of carbonyl (C=O) groups is 1. The highest BCUT2D eigenvalue weighted by Crippen LogP contribution is 2.29. The number of hydrogen-bond acceptors (Lipinski definition) is 7. The van der Waals surface area contributed by atoms with E-state index in [9.17, 15) is 9.90 Å². The van der Waals surface area contributed by atoms with Gasteiger partial charge in [0.05, 0.1) is 13.2 Å². The molecule has 0 bridgehead atoms. The van der Waals surface area contributed by atoms with Crippen molar-refractivity contribution in [2.75, 3.05) is 30.4 Å². The second-order valence-corrected chi connectivity index (χ2v) is 6.43. The fourth-order valence-corrected chi connectivity index (χ4v) is 2.86. The van der Waals surface area contributed by atoms with Crippen LogP contribution in [0.5, 0.6) is 0 Å². The summed E-state index contributed by atoms with van der Waals surface area (Å²) >= 11 is 6.09. The lowest BCUT2D eigenvalue weighted by atomic mass is 10.2. The summed E-state index contributed by atoms with van der Waals surface area (Å²) in [6.07, 6.45) is 0. The minimum absolute atomic E-state index is 0.121. The Morgan fingerprint density at radius 2 is 1.86 bits per heavy atom. The number of anilines is 3. The molecule has 0 atom stereocenters. The molecule has 0 fully saturated rings. The van der Waals surface area contributed by atoms with Crippen LogP contribution in [0.3, 0.4) is 0 Å². The van der Waals surface area contributed by atoms with Crippen molar-refractivity contribution >= 4 is 34.9 Å². The molecule has 0 spiro atoms. The number of aliphatic hydroxyl groups excluding tert-OH is 1. The summed E-state index contributed by atoms with van der Waals surface area (Å²) in [5.74, 6) is 0.400. The average molecular weight is 413 g/mol. The Balaban J connectivity index is 2.15. The van der Waals surface area contributed by atoms with Crippen LogP contribution in [0.1, 0.15) is 17.3 Å². The van der Waals surface area contributed by atoms with Crippen molar-refractivity contribution in [1.29, 1.82) is 0 Å². The molecular weight excluding hydrogens is 392 g/mol. The van der Waals surface area contributed by atoms with Gasteiger partial charge in [0.1, 0.15) is 11.4 Å². The molecule has 0 aliphatic rings. The zero-order valence-corrected chi connectivity index (χ0v) is 16.6. The second kappa shape index (κ2) is 9.86. The predicted octanol–water partition coefficient (Wildman–Crippen LogP) is 4.12. The molecule has 2 aromatic carbocycles. The lowest BCUT2D eigenvalue weighted by Crippen LogP contribution is -2.17. The molecule has 8 heteroatoms. The Hall–Kier alpha value is -3.16. The second-order valence-electron chi connectivity index (χ2n) is 5.99. The van der Waals surface area contributed by atoms with Gasteiger partial charge >= 0.3 is 5.97 Å². The molecule has 3 N–H and O–H groups in total. The Bertz CT molecular complexity index is 983. The summed E-state index contributed by atoms with van der Waals surface area (Å²) in [6, 6.07) is 16.5. The molecule has 0 saturated carbocycles. The first-order valence-electron chi connectivity index (χ1n) is 9.14. The zero-order valence-electron chi connectivity index (χ0n) is 15.9. The number of nitrogens with zero attached hydrogens (tertiary/aromatic N) is 2. The van der Waals surface area contributed by atoms with E-state index < -0.39 is 5.97 Å². The molecule has 0 unspecified atom stereocenters. The van der Waals surface area contributed by atoms with Crippen LogP contribution >= 0.6 is 11.6 Å². The molecule has 0 aliphatic heterocycles. The van der Waals surface area contributed by atoms with E-state index in [1.165, 1.54) is 0 Å². The third-order valence-electron chi connectivity index (χ3n) is 3.91. The smallest absolute Gasteiger partial charge is 0.345 e. The molecule has 7 nitrogen and oxygen atoms in total. The maximum absolute atomic E-state index is 12.7. The van der Waals surface area contributed by atoms with Gasteiger partial charge in [-0.2, -0.15) is 0 Å². The largest absolute Gasteiger partial charge is 0.462 e.